The Bertz CT molecular complexity index is 571. The molecule has 0 saturated carbocycles. The van der Waals surface area contributed by atoms with E-state index >= 15 is 0 Å². The molecule has 0 aliphatic heterocycles. The minimum Gasteiger partial charge on any atom is -0.388 e. The van der Waals surface area contributed by atoms with E-state index in [4.69, 9.17) is 5.26 Å². The molecular weight excluding hydrogens is 228 g/mol. The van der Waals surface area contributed by atoms with Gasteiger partial charge < -0.3 is 10.1 Å². The van der Waals surface area contributed by atoms with Crippen LogP contribution in [0.3, 0.4) is 0 Å². The van der Waals surface area contributed by atoms with E-state index in [2.05, 4.69) is 10.1 Å². The van der Waals surface area contributed by atoms with Crippen LogP contribution in [-0.4, -0.2) is 5.91 Å². The molecule has 88 valence electrons. The molecule has 0 aromatic heterocycles. The third-order valence-corrected chi connectivity index (χ3v) is 2.31. The van der Waals surface area contributed by atoms with Crippen molar-refractivity contribution in [2.75, 3.05) is 5.32 Å². The van der Waals surface area contributed by atoms with E-state index in [-0.39, 0.29) is 5.91 Å². The summed E-state index contributed by atoms with van der Waals surface area (Å²) in [5.74, 6) is 0.264. The highest BCUT2D eigenvalue weighted by Crippen LogP contribution is 2.16. The molecule has 2 aromatic rings. The number of ether oxygens (including phenoxy) is 1. The van der Waals surface area contributed by atoms with Crippen molar-refractivity contribution in [2.45, 2.75) is 0 Å². The van der Waals surface area contributed by atoms with Gasteiger partial charge in [-0.25, -0.2) is 0 Å². The first-order chi connectivity index (χ1) is 8.79. The summed E-state index contributed by atoms with van der Waals surface area (Å²) in [4.78, 5) is 11.8. The predicted molar refractivity (Wildman–Crippen MR) is 67.1 cm³/mol. The van der Waals surface area contributed by atoms with E-state index in [9.17, 15) is 4.79 Å². The molecule has 0 unspecified atom stereocenters. The topological polar surface area (TPSA) is 62.1 Å². The van der Waals surface area contributed by atoms with E-state index in [0.29, 0.717) is 17.0 Å². The van der Waals surface area contributed by atoms with Gasteiger partial charge in [-0.2, -0.15) is 0 Å². The average Bonchev–Trinajstić information content (AvgIpc) is 2.42. The molecule has 0 radical (unpaired) electrons. The van der Waals surface area contributed by atoms with Gasteiger partial charge in [-0.3, -0.25) is 4.79 Å². The van der Waals surface area contributed by atoms with Crippen molar-refractivity contribution in [2.24, 2.45) is 0 Å². The van der Waals surface area contributed by atoms with E-state index in [1.165, 1.54) is 0 Å². The summed E-state index contributed by atoms with van der Waals surface area (Å²) in [6.07, 6.45) is 1.58. The Labute approximate surface area is 104 Å². The van der Waals surface area contributed by atoms with Gasteiger partial charge in [0.1, 0.15) is 5.75 Å². The molecule has 1 N–H and O–H groups in total. The van der Waals surface area contributed by atoms with E-state index in [1.54, 1.807) is 54.8 Å². The fraction of sp³-hybridized carbons (Fsp3) is 0. The van der Waals surface area contributed by atoms with Crippen molar-refractivity contribution in [1.82, 2.24) is 0 Å². The molecule has 1 amide bonds. The summed E-state index contributed by atoms with van der Waals surface area (Å²) >= 11 is 0. The van der Waals surface area contributed by atoms with E-state index in [1.807, 2.05) is 6.07 Å². The number of carbonyl (C=O) groups excluding carboxylic acids is 1. The second-order valence-corrected chi connectivity index (χ2v) is 3.54. The van der Waals surface area contributed by atoms with Gasteiger partial charge in [-0.15, -0.1) is 5.26 Å². The SMILES string of the molecule is N#COc1ccc(NC(=O)c2ccccc2)cc1. The van der Waals surface area contributed by atoms with E-state index < -0.39 is 0 Å². The van der Waals surface area contributed by atoms with Gasteiger partial charge in [0.25, 0.3) is 12.2 Å². The number of nitrogens with one attached hydrogen (secondary N) is 1. The van der Waals surface area contributed by atoms with Crippen molar-refractivity contribution in [3.05, 3.63) is 60.2 Å². The van der Waals surface area contributed by atoms with Crippen molar-refractivity contribution in [3.63, 3.8) is 0 Å². The van der Waals surface area contributed by atoms with Gasteiger partial charge in [0.05, 0.1) is 0 Å². The fourth-order valence-electron chi connectivity index (χ4n) is 1.45. The second-order valence-electron chi connectivity index (χ2n) is 3.54. The van der Waals surface area contributed by atoms with Gasteiger partial charge in [-0.05, 0) is 36.4 Å². The number of anilines is 1. The van der Waals surface area contributed by atoms with Gasteiger partial charge in [0, 0.05) is 11.3 Å². The molecule has 2 aromatic carbocycles. The lowest BCUT2D eigenvalue weighted by Gasteiger charge is -2.05. The van der Waals surface area contributed by atoms with Crippen LogP contribution in [0.25, 0.3) is 0 Å². The Hall–Kier alpha value is -2.80. The third-order valence-electron chi connectivity index (χ3n) is 2.31. The van der Waals surface area contributed by atoms with Gasteiger partial charge in [-0.1, -0.05) is 18.2 Å². The predicted octanol–water partition coefficient (Wildman–Crippen LogP) is 2.80. The van der Waals surface area contributed by atoms with E-state index in [0.717, 1.165) is 0 Å². The average molecular weight is 238 g/mol. The largest absolute Gasteiger partial charge is 0.388 e. The summed E-state index contributed by atoms with van der Waals surface area (Å²) < 4.78 is 4.64. The quantitative estimate of drug-likeness (QED) is 0.836. The first-order valence-electron chi connectivity index (χ1n) is 5.32. The molecule has 2 rings (SSSR count). The Morgan fingerprint density at radius 3 is 2.33 bits per heavy atom. The summed E-state index contributed by atoms with van der Waals surface area (Å²) in [5.41, 5.74) is 1.24. The maximum atomic E-state index is 11.8. The third kappa shape index (κ3) is 2.86. The van der Waals surface area contributed by atoms with Gasteiger partial charge in [0.2, 0.25) is 0 Å². The monoisotopic (exact) mass is 238 g/mol. The van der Waals surface area contributed by atoms with Gasteiger partial charge in [0.15, 0.2) is 0 Å². The highest BCUT2D eigenvalue weighted by Gasteiger charge is 2.04. The summed E-state index contributed by atoms with van der Waals surface area (Å²) in [6.45, 7) is 0. The highest BCUT2D eigenvalue weighted by atomic mass is 16.5. The molecule has 4 heteroatoms. The molecule has 0 aliphatic carbocycles. The number of hydrogen-bond donors (Lipinski definition) is 1. The van der Waals surface area contributed by atoms with Crippen LogP contribution in [0.2, 0.25) is 0 Å². The van der Waals surface area contributed by atoms with Crippen LogP contribution in [0.4, 0.5) is 5.69 Å². The Morgan fingerprint density at radius 2 is 1.72 bits per heavy atom. The first kappa shape index (κ1) is 11.7. The van der Waals surface area contributed by atoms with Crippen LogP contribution < -0.4 is 10.1 Å². The second kappa shape index (κ2) is 5.51. The molecule has 0 heterocycles. The molecule has 0 fully saturated rings. The zero-order chi connectivity index (χ0) is 12.8. The molecule has 18 heavy (non-hydrogen) atoms. The van der Waals surface area contributed by atoms with Crippen LogP contribution in [0, 0.1) is 11.5 Å². The Morgan fingerprint density at radius 1 is 1.06 bits per heavy atom. The number of nitrogens with zero attached hydrogens (tertiary/aromatic N) is 1. The molecule has 0 spiro atoms. The van der Waals surface area contributed by atoms with Crippen LogP contribution in [0.1, 0.15) is 10.4 Å². The van der Waals surface area contributed by atoms with Crippen LogP contribution in [-0.2, 0) is 0 Å². The molecule has 0 atom stereocenters. The fourth-order valence-corrected chi connectivity index (χ4v) is 1.45. The molecule has 0 saturated heterocycles. The Kier molecular flexibility index (Phi) is 3.57. The molecule has 0 aliphatic rings. The lowest BCUT2D eigenvalue weighted by atomic mass is 10.2. The zero-order valence-electron chi connectivity index (χ0n) is 9.46. The standard InChI is InChI=1S/C14H10N2O2/c15-10-18-13-8-6-12(7-9-13)16-14(17)11-4-2-1-3-5-11/h1-9H,(H,16,17). The molecule has 0 bridgehead atoms. The smallest absolute Gasteiger partial charge is 0.292 e. The first-order valence-corrected chi connectivity index (χ1v) is 5.32. The number of hydrogen-bond acceptors (Lipinski definition) is 3. The number of carbonyl (C=O) groups is 1. The van der Waals surface area contributed by atoms with Crippen molar-refractivity contribution < 1.29 is 9.53 Å². The maximum absolute atomic E-state index is 11.8. The maximum Gasteiger partial charge on any atom is 0.292 e. The molecule has 4 nitrogen and oxygen atoms in total. The number of rotatable bonds is 3. The van der Waals surface area contributed by atoms with Crippen molar-refractivity contribution in [3.8, 4) is 12.0 Å². The number of benzene rings is 2. The van der Waals surface area contributed by atoms with Crippen LogP contribution in [0.5, 0.6) is 5.75 Å². The van der Waals surface area contributed by atoms with Crippen LogP contribution >= 0.6 is 0 Å². The normalized spacial score (nSPS) is 9.28. The zero-order valence-corrected chi connectivity index (χ0v) is 9.46. The molecular formula is C14H10N2O2. The number of amides is 1. The van der Waals surface area contributed by atoms with Gasteiger partial charge >= 0.3 is 0 Å². The lowest BCUT2D eigenvalue weighted by molar-refractivity contribution is 0.102. The summed E-state index contributed by atoms with van der Waals surface area (Å²) in [6, 6.07) is 15.5. The number of nitriles is 1. The minimum absolute atomic E-state index is 0.176. The lowest BCUT2D eigenvalue weighted by Crippen LogP contribution is -2.11. The van der Waals surface area contributed by atoms with Crippen molar-refractivity contribution in [1.29, 1.82) is 5.26 Å². The highest BCUT2D eigenvalue weighted by molar-refractivity contribution is 6.04. The Balaban J connectivity index is 2.06. The van der Waals surface area contributed by atoms with Crippen molar-refractivity contribution >= 4 is 11.6 Å². The summed E-state index contributed by atoms with van der Waals surface area (Å²) in [5, 5.41) is 11.1. The minimum atomic E-state index is -0.176. The summed E-state index contributed by atoms with van der Waals surface area (Å²) in [7, 11) is 0. The van der Waals surface area contributed by atoms with Crippen LogP contribution in [0.15, 0.2) is 54.6 Å².